The first-order valence-corrected chi connectivity index (χ1v) is 33.1. The largest absolute Gasteiger partial charge is 0.511 e. The molecular formula is C67H96N2O24. The Morgan fingerprint density at radius 1 is 0.720 bits per heavy atom. The minimum atomic E-state index is -2.20. The molecule has 1 amide bonds. The van der Waals surface area contributed by atoms with E-state index in [-0.39, 0.29) is 43.1 Å². The second-order valence-corrected chi connectivity index (χ2v) is 28.2. The summed E-state index contributed by atoms with van der Waals surface area (Å²) in [6.45, 7) is 21.0. The molecule has 6 heterocycles. The van der Waals surface area contributed by atoms with Crippen LogP contribution in [0.4, 0.5) is 4.79 Å². The van der Waals surface area contributed by atoms with Gasteiger partial charge in [0.05, 0.1) is 86.6 Å². The van der Waals surface area contributed by atoms with Crippen molar-refractivity contribution >= 4 is 30.1 Å². The normalized spacial score (nSPS) is 48.2. The summed E-state index contributed by atoms with van der Waals surface area (Å²) < 4.78 is 81.5. The van der Waals surface area contributed by atoms with Crippen molar-refractivity contribution in [2.45, 2.75) is 281 Å². The van der Waals surface area contributed by atoms with Gasteiger partial charge in [-0.05, 0) is 109 Å². The first-order chi connectivity index (χ1) is 43.9. The number of hydrogen-bond donors (Lipinski definition) is 5. The molecule has 26 nitrogen and oxygen atoms in total. The molecule has 93 heavy (non-hydrogen) atoms. The standard InChI is InChI=1S/C67H96N2O24/c1-30-14-18-47(88-54-28-65(11,69(79)80)60(38(9)86-54)68-64(78)81-13)31(2)23-43-45(73)24-40(29-70)27-67(43)62(76)55(63(77)93-67)61(75)66(12)42(30)16-15-41-56(66)32(3)22-33(4)57(41)92-53-26-49(59(37(8)85-53)87-39(10)71)90-50-21-19-48(35(6)83-50)89-52-25-46(74)58(36(7)84-52)91-51-20-17-44(72)34(5)82-51/h14-16,23-24,29,32-38,41-54,56-60,72-75H,17-22,25-28H2,1-13H3,(H,68,78)/b30-14+,31-23+,61-55+/t32-,33-,34-,35-,36-,37-,38+,41-,42-,43-,44+,45+,46+,47-,48?,49+,50-,51-,52-,53-,54-,56+,57-,58?,59-,60-,65-,66+,67?/m0/s1. The first-order valence-electron chi connectivity index (χ1n) is 33.1. The van der Waals surface area contributed by atoms with Crippen molar-refractivity contribution in [3.05, 3.63) is 68.5 Å². The molecule has 26 heteroatoms. The van der Waals surface area contributed by atoms with Crippen molar-refractivity contribution in [3.63, 3.8) is 0 Å². The number of alkyl carbamates (subject to hydrolysis) is 1. The van der Waals surface area contributed by atoms with E-state index in [0.717, 1.165) is 7.11 Å². The van der Waals surface area contributed by atoms with Gasteiger partial charge in [0.25, 0.3) is 0 Å². The number of aliphatic hydroxyl groups excluding tert-OH is 4. The van der Waals surface area contributed by atoms with Crippen LogP contribution >= 0.6 is 0 Å². The van der Waals surface area contributed by atoms with Gasteiger partial charge in [-0.1, -0.05) is 50.6 Å². The van der Waals surface area contributed by atoms with Crippen molar-refractivity contribution in [2.24, 2.45) is 40.9 Å². The maximum atomic E-state index is 15.6. The molecule has 0 aromatic carbocycles. The number of fused-ring (bicyclic) bond motifs is 4. The number of amides is 1. The van der Waals surface area contributed by atoms with Crippen LogP contribution in [0.1, 0.15) is 147 Å². The minimum Gasteiger partial charge on any atom is -0.511 e. The summed E-state index contributed by atoms with van der Waals surface area (Å²) in [5.41, 5.74) is -4.91. The fourth-order valence-corrected chi connectivity index (χ4v) is 16.9. The summed E-state index contributed by atoms with van der Waals surface area (Å²) in [6.07, 6.45) is -4.21. The Morgan fingerprint density at radius 2 is 1.35 bits per heavy atom. The molecule has 6 aliphatic heterocycles. The zero-order valence-corrected chi connectivity index (χ0v) is 55.4. The molecule has 6 saturated heterocycles. The topological polar surface area (TPSA) is 341 Å². The quantitative estimate of drug-likeness (QED) is 0.0240. The Kier molecular flexibility index (Phi) is 21.4. The number of rotatable bonds is 14. The predicted octanol–water partition coefficient (Wildman–Crippen LogP) is 6.36. The van der Waals surface area contributed by atoms with Crippen molar-refractivity contribution in [1.82, 2.24) is 5.32 Å². The third-order valence-corrected chi connectivity index (χ3v) is 21.7. The van der Waals surface area contributed by atoms with Gasteiger partial charge in [-0.25, -0.2) is 9.59 Å². The smallest absolute Gasteiger partial charge is 0.407 e. The molecular weight excluding hydrogens is 1220 g/mol. The SMILES string of the molecule is COC(=O)N[C@H]1[C@@H](C)O[C@@H](O[C@H]2C/C=C(\C)[C@@H]3C=C[C@@H]4[C@@H](O[C@H]5C[C@@H](O[C@H]6CCC(O[C@H]7C[C@@H](O)C(O[C@H]8CC[C@@H](O)[C@H](C)O8)[C@H](C)O7)[C@H](C)O6)[C@@H](OC(C)=O)[C@H](C)O5)[C@@H](C)C[C@H](C)[C@H]4[C@]3(C)/C(O)=C3\C(=O)OC4(CC(C=O)=C[C@@H](O)[C@@H]4/C=C/2C)C3=O)C[C@]1(C)[N+](=O)[O-]. The number of Topliss-reactive ketones (excluding diaryl/α,β-unsaturated/α-hetero) is 1. The van der Waals surface area contributed by atoms with Crippen LogP contribution in [-0.2, 0) is 80.8 Å². The second-order valence-electron chi connectivity index (χ2n) is 28.2. The molecule has 1 spiro atoms. The van der Waals surface area contributed by atoms with Crippen LogP contribution in [0, 0.1) is 51.0 Å². The fraction of sp³-hybridized carbons (Fsp3) is 0.776. The number of hydrogen-bond acceptors (Lipinski definition) is 24. The lowest BCUT2D eigenvalue weighted by Gasteiger charge is -2.56. The maximum Gasteiger partial charge on any atom is 0.407 e. The van der Waals surface area contributed by atoms with Crippen molar-refractivity contribution in [1.29, 1.82) is 0 Å². The van der Waals surface area contributed by atoms with Crippen LogP contribution in [0.2, 0.25) is 0 Å². The van der Waals surface area contributed by atoms with Crippen molar-refractivity contribution in [3.8, 4) is 0 Å². The lowest BCUT2D eigenvalue weighted by molar-refractivity contribution is -0.584. The van der Waals surface area contributed by atoms with Gasteiger partial charge >= 0.3 is 18.0 Å². The van der Waals surface area contributed by atoms with E-state index >= 15 is 4.79 Å². The van der Waals surface area contributed by atoms with Crippen molar-refractivity contribution < 1.29 is 111 Å². The first kappa shape index (κ1) is 70.7. The number of ketones is 1. The average Bonchev–Trinajstić information content (AvgIpc) is 1.68. The molecule has 10 aliphatic rings. The molecule has 0 radical (unpaired) electrons. The zero-order valence-electron chi connectivity index (χ0n) is 55.4. The molecule has 7 fully saturated rings. The molecule has 3 unspecified atom stereocenters. The van der Waals surface area contributed by atoms with Crippen LogP contribution in [0.15, 0.2) is 58.4 Å². The van der Waals surface area contributed by atoms with Crippen LogP contribution < -0.4 is 5.32 Å². The van der Waals surface area contributed by atoms with Crippen LogP contribution in [0.25, 0.3) is 0 Å². The summed E-state index contributed by atoms with van der Waals surface area (Å²) in [6, 6.07) is -1.12. The van der Waals surface area contributed by atoms with Crippen LogP contribution in [-0.4, -0.2) is 197 Å². The van der Waals surface area contributed by atoms with Gasteiger partial charge in [0, 0.05) is 68.1 Å². The Labute approximate surface area is 542 Å². The lowest BCUT2D eigenvalue weighted by Crippen LogP contribution is -2.65. The number of nitro groups is 1. The zero-order chi connectivity index (χ0) is 67.5. The van der Waals surface area contributed by atoms with Gasteiger partial charge in [-0.15, -0.1) is 0 Å². The second kappa shape index (κ2) is 28.2. The molecule has 4 aliphatic carbocycles. The molecule has 2 bridgehead atoms. The number of nitrogens with zero attached hydrogens (tertiary/aromatic N) is 1. The molecule has 1 saturated carbocycles. The molecule has 29 atom stereocenters. The minimum absolute atomic E-state index is 0.00196. The van der Waals surface area contributed by atoms with Gasteiger partial charge in [-0.3, -0.25) is 24.5 Å². The van der Waals surface area contributed by atoms with E-state index in [1.54, 1.807) is 33.8 Å². The monoisotopic (exact) mass is 1310 g/mol. The molecule has 0 aromatic heterocycles. The number of aliphatic hydroxyl groups is 4. The summed E-state index contributed by atoms with van der Waals surface area (Å²) in [5, 5.41) is 62.0. The highest BCUT2D eigenvalue weighted by Gasteiger charge is 2.65. The van der Waals surface area contributed by atoms with E-state index in [2.05, 4.69) is 25.2 Å². The van der Waals surface area contributed by atoms with Gasteiger partial charge in [-0.2, -0.15) is 0 Å². The number of carbonyl (C=O) groups excluding carboxylic acids is 5. The van der Waals surface area contributed by atoms with Crippen molar-refractivity contribution in [2.75, 3.05) is 7.11 Å². The Bertz CT molecular complexity index is 2960. The van der Waals surface area contributed by atoms with Crippen LogP contribution in [0.5, 0.6) is 0 Å². The number of carbonyl (C=O) groups is 5. The van der Waals surface area contributed by atoms with Gasteiger partial charge in [0.2, 0.25) is 11.3 Å². The van der Waals surface area contributed by atoms with E-state index in [0.29, 0.717) is 49.5 Å². The van der Waals surface area contributed by atoms with E-state index in [9.17, 15) is 49.7 Å². The molecule has 518 valence electrons. The van der Waals surface area contributed by atoms with E-state index < -0.39 is 210 Å². The maximum absolute atomic E-state index is 15.6. The highest BCUT2D eigenvalue weighted by molar-refractivity contribution is 6.26. The number of esters is 2. The number of allylic oxidation sites excluding steroid dienone is 3. The molecule has 5 N–H and O–H groups in total. The van der Waals surface area contributed by atoms with E-state index in [1.807, 2.05) is 39.8 Å². The van der Waals surface area contributed by atoms with Crippen LogP contribution in [0.3, 0.4) is 0 Å². The van der Waals surface area contributed by atoms with Gasteiger partial charge in [0.15, 0.2) is 43.2 Å². The summed E-state index contributed by atoms with van der Waals surface area (Å²) >= 11 is 0. The summed E-state index contributed by atoms with van der Waals surface area (Å²) in [7, 11) is 1.15. The number of aldehydes is 1. The number of methoxy groups -OCH3 is 1. The van der Waals surface area contributed by atoms with Gasteiger partial charge in [0.1, 0.15) is 35.9 Å². The summed E-state index contributed by atoms with van der Waals surface area (Å²) in [5.74, 6) is -6.46. The van der Waals surface area contributed by atoms with E-state index in [1.165, 1.54) is 19.9 Å². The highest BCUT2D eigenvalue weighted by atomic mass is 16.8. The van der Waals surface area contributed by atoms with Gasteiger partial charge < -0.3 is 87.3 Å². The Balaban J connectivity index is 0.904. The third kappa shape index (κ3) is 14.0. The fourth-order valence-electron chi connectivity index (χ4n) is 16.9. The average molecular weight is 1310 g/mol. The Hall–Kier alpha value is -5.07. The highest BCUT2D eigenvalue weighted by Crippen LogP contribution is 2.61. The summed E-state index contributed by atoms with van der Waals surface area (Å²) in [4.78, 5) is 80.4. The third-order valence-electron chi connectivity index (χ3n) is 21.7. The number of ether oxygens (including phenoxy) is 13. The predicted molar refractivity (Wildman–Crippen MR) is 325 cm³/mol. The Morgan fingerprint density at radius 3 is 2.01 bits per heavy atom. The van der Waals surface area contributed by atoms with E-state index in [4.69, 9.17) is 61.6 Å². The lowest BCUT2D eigenvalue weighted by atomic mass is 9.49. The number of nitrogens with one attached hydrogen (secondary N) is 1. The molecule has 10 rings (SSSR count). The molecule has 0 aromatic rings.